The van der Waals surface area contributed by atoms with Gasteiger partial charge in [0, 0.05) is 19.1 Å². The van der Waals surface area contributed by atoms with Gasteiger partial charge in [-0.1, -0.05) is 30.3 Å². The Balaban J connectivity index is 2.78. The van der Waals surface area contributed by atoms with E-state index in [4.69, 9.17) is 5.73 Å². The van der Waals surface area contributed by atoms with E-state index in [9.17, 15) is 0 Å². The van der Waals surface area contributed by atoms with Crippen molar-refractivity contribution in [1.29, 1.82) is 0 Å². The lowest BCUT2D eigenvalue weighted by atomic mass is 10.0. The molecule has 0 saturated heterocycles. The molecule has 1 aromatic rings. The molecule has 76 valence electrons. The molecule has 0 spiro atoms. The zero-order chi connectivity index (χ0) is 10.4. The SMILES string of the molecule is C=CCNC(CN)c1ccccc1C. The highest BCUT2D eigenvalue weighted by molar-refractivity contribution is 5.29. The zero-order valence-electron chi connectivity index (χ0n) is 8.66. The predicted octanol–water partition coefficient (Wildman–Crippen LogP) is 1.77. The molecule has 3 N–H and O–H groups in total. The molecule has 0 saturated carbocycles. The standard InChI is InChI=1S/C12H18N2/c1-3-8-14-12(9-13)11-7-5-4-6-10(11)2/h3-7,12,14H,1,8-9,13H2,2H3. The molecule has 0 aliphatic heterocycles. The maximum atomic E-state index is 5.72. The Morgan fingerprint density at radius 1 is 1.50 bits per heavy atom. The molecular formula is C12H18N2. The number of nitrogens with one attached hydrogen (secondary N) is 1. The van der Waals surface area contributed by atoms with Gasteiger partial charge in [-0.05, 0) is 18.1 Å². The summed E-state index contributed by atoms with van der Waals surface area (Å²) in [5, 5.41) is 3.33. The lowest BCUT2D eigenvalue weighted by molar-refractivity contribution is 0.575. The van der Waals surface area contributed by atoms with Crippen molar-refractivity contribution in [2.75, 3.05) is 13.1 Å². The molecule has 0 heterocycles. The van der Waals surface area contributed by atoms with Gasteiger partial charge in [-0.25, -0.2) is 0 Å². The molecule has 1 rings (SSSR count). The number of rotatable bonds is 5. The van der Waals surface area contributed by atoms with Crippen LogP contribution in [0.25, 0.3) is 0 Å². The van der Waals surface area contributed by atoms with Gasteiger partial charge >= 0.3 is 0 Å². The highest BCUT2D eigenvalue weighted by Gasteiger charge is 2.09. The van der Waals surface area contributed by atoms with E-state index >= 15 is 0 Å². The summed E-state index contributed by atoms with van der Waals surface area (Å²) in [4.78, 5) is 0. The van der Waals surface area contributed by atoms with Crippen molar-refractivity contribution >= 4 is 0 Å². The van der Waals surface area contributed by atoms with E-state index in [1.807, 2.05) is 18.2 Å². The zero-order valence-corrected chi connectivity index (χ0v) is 8.66. The summed E-state index contributed by atoms with van der Waals surface area (Å²) in [6.45, 7) is 7.18. The Labute approximate surface area is 85.8 Å². The van der Waals surface area contributed by atoms with Crippen molar-refractivity contribution in [3.63, 3.8) is 0 Å². The third-order valence-electron chi connectivity index (χ3n) is 2.31. The van der Waals surface area contributed by atoms with Gasteiger partial charge in [0.25, 0.3) is 0 Å². The summed E-state index contributed by atoms with van der Waals surface area (Å²) >= 11 is 0. The number of hydrogen-bond donors (Lipinski definition) is 2. The van der Waals surface area contributed by atoms with Crippen molar-refractivity contribution < 1.29 is 0 Å². The second-order valence-electron chi connectivity index (χ2n) is 3.34. The van der Waals surface area contributed by atoms with Gasteiger partial charge in [0.1, 0.15) is 0 Å². The van der Waals surface area contributed by atoms with Crippen LogP contribution in [0.5, 0.6) is 0 Å². The molecule has 0 aliphatic carbocycles. The predicted molar refractivity (Wildman–Crippen MR) is 61.2 cm³/mol. The van der Waals surface area contributed by atoms with Crippen molar-refractivity contribution in [3.05, 3.63) is 48.0 Å². The van der Waals surface area contributed by atoms with Crippen molar-refractivity contribution in [2.24, 2.45) is 5.73 Å². The molecule has 1 aromatic carbocycles. The fourth-order valence-corrected chi connectivity index (χ4v) is 1.52. The van der Waals surface area contributed by atoms with E-state index < -0.39 is 0 Å². The average Bonchev–Trinajstić information content (AvgIpc) is 2.21. The molecule has 0 aliphatic rings. The molecule has 14 heavy (non-hydrogen) atoms. The Bertz CT molecular complexity index is 294. The molecule has 2 nitrogen and oxygen atoms in total. The lowest BCUT2D eigenvalue weighted by Crippen LogP contribution is -2.28. The second kappa shape index (κ2) is 5.58. The first-order chi connectivity index (χ1) is 6.79. The van der Waals surface area contributed by atoms with Crippen molar-refractivity contribution in [3.8, 4) is 0 Å². The Hall–Kier alpha value is -1.12. The molecule has 0 bridgehead atoms. The van der Waals surface area contributed by atoms with Crippen LogP contribution in [0.4, 0.5) is 0 Å². The van der Waals surface area contributed by atoms with Gasteiger partial charge in [-0.3, -0.25) is 0 Å². The Morgan fingerprint density at radius 2 is 2.21 bits per heavy atom. The van der Waals surface area contributed by atoms with E-state index in [1.54, 1.807) is 0 Å². The summed E-state index contributed by atoms with van der Waals surface area (Å²) in [7, 11) is 0. The molecule has 1 unspecified atom stereocenters. The van der Waals surface area contributed by atoms with Gasteiger partial charge < -0.3 is 11.1 Å². The maximum Gasteiger partial charge on any atom is 0.0449 e. The molecular weight excluding hydrogens is 172 g/mol. The molecule has 0 fully saturated rings. The van der Waals surface area contributed by atoms with Gasteiger partial charge in [-0.2, -0.15) is 0 Å². The van der Waals surface area contributed by atoms with Crippen LogP contribution in [0.3, 0.4) is 0 Å². The maximum absolute atomic E-state index is 5.72. The lowest BCUT2D eigenvalue weighted by Gasteiger charge is -2.18. The first kappa shape index (κ1) is 11.0. The highest BCUT2D eigenvalue weighted by atomic mass is 14.9. The van der Waals surface area contributed by atoms with Crippen LogP contribution in [-0.2, 0) is 0 Å². The molecule has 0 radical (unpaired) electrons. The topological polar surface area (TPSA) is 38.0 Å². The highest BCUT2D eigenvalue weighted by Crippen LogP contribution is 2.15. The third-order valence-corrected chi connectivity index (χ3v) is 2.31. The Kier molecular flexibility index (Phi) is 4.36. The van der Waals surface area contributed by atoms with Gasteiger partial charge in [0.15, 0.2) is 0 Å². The van der Waals surface area contributed by atoms with Crippen molar-refractivity contribution in [2.45, 2.75) is 13.0 Å². The fourth-order valence-electron chi connectivity index (χ4n) is 1.52. The average molecular weight is 190 g/mol. The van der Waals surface area contributed by atoms with Gasteiger partial charge in [0.2, 0.25) is 0 Å². The summed E-state index contributed by atoms with van der Waals surface area (Å²) < 4.78 is 0. The normalized spacial score (nSPS) is 12.4. The monoisotopic (exact) mass is 190 g/mol. The quantitative estimate of drug-likeness (QED) is 0.694. The van der Waals surface area contributed by atoms with Gasteiger partial charge in [0.05, 0.1) is 0 Å². The minimum atomic E-state index is 0.231. The van der Waals surface area contributed by atoms with Crippen LogP contribution in [0.2, 0.25) is 0 Å². The second-order valence-corrected chi connectivity index (χ2v) is 3.34. The van der Waals surface area contributed by atoms with Crippen molar-refractivity contribution in [1.82, 2.24) is 5.32 Å². The molecule has 1 atom stereocenters. The smallest absolute Gasteiger partial charge is 0.0449 e. The molecule has 2 heteroatoms. The van der Waals surface area contributed by atoms with Crippen LogP contribution in [-0.4, -0.2) is 13.1 Å². The van der Waals surface area contributed by atoms with E-state index in [-0.39, 0.29) is 6.04 Å². The van der Waals surface area contributed by atoms with Crippen LogP contribution in [0.1, 0.15) is 17.2 Å². The first-order valence-electron chi connectivity index (χ1n) is 4.89. The van der Waals surface area contributed by atoms with Crippen LogP contribution in [0.15, 0.2) is 36.9 Å². The molecule has 0 amide bonds. The third kappa shape index (κ3) is 2.69. The van der Waals surface area contributed by atoms with Crippen LogP contribution >= 0.6 is 0 Å². The summed E-state index contributed by atoms with van der Waals surface area (Å²) in [6.07, 6.45) is 1.85. The Morgan fingerprint density at radius 3 is 2.79 bits per heavy atom. The minimum absolute atomic E-state index is 0.231. The van der Waals surface area contributed by atoms with E-state index in [2.05, 4.69) is 31.0 Å². The summed E-state index contributed by atoms with van der Waals surface area (Å²) in [5.41, 5.74) is 8.27. The van der Waals surface area contributed by atoms with E-state index in [0.717, 1.165) is 6.54 Å². The molecule has 0 aromatic heterocycles. The summed E-state index contributed by atoms with van der Waals surface area (Å²) in [5.74, 6) is 0. The number of hydrogen-bond acceptors (Lipinski definition) is 2. The number of aryl methyl sites for hydroxylation is 1. The van der Waals surface area contributed by atoms with Crippen LogP contribution < -0.4 is 11.1 Å². The number of benzene rings is 1. The van der Waals surface area contributed by atoms with E-state index in [1.165, 1.54) is 11.1 Å². The largest absolute Gasteiger partial charge is 0.329 e. The van der Waals surface area contributed by atoms with E-state index in [0.29, 0.717) is 6.54 Å². The van der Waals surface area contributed by atoms with Gasteiger partial charge in [-0.15, -0.1) is 6.58 Å². The number of nitrogens with two attached hydrogens (primary N) is 1. The van der Waals surface area contributed by atoms with Crippen LogP contribution in [0, 0.1) is 6.92 Å². The summed E-state index contributed by atoms with van der Waals surface area (Å²) in [6, 6.07) is 8.53. The first-order valence-corrected chi connectivity index (χ1v) is 4.89. The fraction of sp³-hybridized carbons (Fsp3) is 0.333. The minimum Gasteiger partial charge on any atom is -0.329 e.